The van der Waals surface area contributed by atoms with Crippen LogP contribution in [-0.2, 0) is 9.59 Å². The maximum atomic E-state index is 11.9. The summed E-state index contributed by atoms with van der Waals surface area (Å²) in [5.74, 6) is -0.624. The van der Waals surface area contributed by atoms with Crippen molar-refractivity contribution in [2.24, 2.45) is 10.7 Å². The van der Waals surface area contributed by atoms with Crippen LogP contribution in [-0.4, -0.2) is 22.2 Å². The van der Waals surface area contributed by atoms with Gasteiger partial charge in [0.1, 0.15) is 5.25 Å². The topological polar surface area (TPSA) is 84.6 Å². The highest BCUT2D eigenvalue weighted by Crippen LogP contribution is 2.25. The van der Waals surface area contributed by atoms with Crippen LogP contribution in [0.4, 0.5) is 5.69 Å². The molecule has 1 aliphatic rings. The molecule has 3 N–H and O–H groups in total. The minimum atomic E-state index is -0.528. The molecule has 2 amide bonds. The molecule has 5 nitrogen and oxygen atoms in total. The zero-order valence-corrected chi connectivity index (χ0v) is 11.7. The number of nitrogens with two attached hydrogens (primary N) is 1. The molecule has 0 saturated carbocycles. The van der Waals surface area contributed by atoms with Crippen LogP contribution in [0.1, 0.15) is 12.0 Å². The van der Waals surface area contributed by atoms with E-state index in [0.29, 0.717) is 10.7 Å². The highest BCUT2D eigenvalue weighted by molar-refractivity contribution is 8.15. The lowest BCUT2D eigenvalue weighted by Gasteiger charge is -2.10. The summed E-state index contributed by atoms with van der Waals surface area (Å²) in [7, 11) is 0. The Bertz CT molecular complexity index is 574. The Morgan fingerprint density at radius 3 is 2.95 bits per heavy atom. The van der Waals surface area contributed by atoms with E-state index < -0.39 is 5.25 Å². The second-order valence-corrected chi connectivity index (χ2v) is 5.69. The number of carbonyl (C=O) groups excluding carboxylic acids is 2. The largest absolute Gasteiger partial charge is 0.378 e. The number of anilines is 1. The van der Waals surface area contributed by atoms with E-state index in [1.165, 1.54) is 0 Å². The van der Waals surface area contributed by atoms with Crippen molar-refractivity contribution in [2.45, 2.75) is 18.6 Å². The van der Waals surface area contributed by atoms with Crippen molar-refractivity contribution < 1.29 is 9.59 Å². The smallest absolute Gasteiger partial charge is 0.262 e. The summed E-state index contributed by atoms with van der Waals surface area (Å²) in [5, 5.41) is 2.99. The highest BCUT2D eigenvalue weighted by atomic mass is 35.5. The summed E-state index contributed by atoms with van der Waals surface area (Å²) in [6, 6.07) is 5.26. The predicted molar refractivity (Wildman–Crippen MR) is 77.4 cm³/mol. The third kappa shape index (κ3) is 3.27. The molecule has 1 atom stereocenters. The molecule has 1 heterocycles. The maximum absolute atomic E-state index is 11.9. The molecule has 0 aromatic heterocycles. The summed E-state index contributed by atoms with van der Waals surface area (Å²) in [5.41, 5.74) is 6.86. The first kappa shape index (κ1) is 13.9. The van der Waals surface area contributed by atoms with E-state index in [4.69, 9.17) is 17.3 Å². The fourth-order valence-corrected chi connectivity index (χ4v) is 2.64. The summed E-state index contributed by atoms with van der Waals surface area (Å²) in [6.45, 7) is 1.81. The van der Waals surface area contributed by atoms with Crippen LogP contribution >= 0.6 is 23.4 Å². The molecule has 0 unspecified atom stereocenters. The Hall–Kier alpha value is -1.53. The van der Waals surface area contributed by atoms with E-state index in [-0.39, 0.29) is 23.4 Å². The Labute approximate surface area is 119 Å². The first-order valence-corrected chi connectivity index (χ1v) is 6.83. The molecule has 1 aromatic rings. The van der Waals surface area contributed by atoms with Gasteiger partial charge in [-0.15, -0.1) is 0 Å². The van der Waals surface area contributed by atoms with Crippen molar-refractivity contribution in [3.63, 3.8) is 0 Å². The van der Waals surface area contributed by atoms with Gasteiger partial charge in [0.2, 0.25) is 5.91 Å². The van der Waals surface area contributed by atoms with Crippen molar-refractivity contribution in [2.75, 3.05) is 5.32 Å². The van der Waals surface area contributed by atoms with E-state index in [9.17, 15) is 9.59 Å². The van der Waals surface area contributed by atoms with Gasteiger partial charge in [0.15, 0.2) is 5.17 Å². The number of hydrogen-bond acceptors (Lipinski definition) is 4. The van der Waals surface area contributed by atoms with Crippen molar-refractivity contribution in [1.29, 1.82) is 0 Å². The van der Waals surface area contributed by atoms with E-state index in [0.717, 1.165) is 17.3 Å². The van der Waals surface area contributed by atoms with Gasteiger partial charge >= 0.3 is 0 Å². The van der Waals surface area contributed by atoms with E-state index in [2.05, 4.69) is 10.3 Å². The SMILES string of the molecule is Cc1c(Cl)cccc1NC(=O)C[C@H]1SC(N)=NC1=O. The minimum Gasteiger partial charge on any atom is -0.378 e. The number of carbonyl (C=O) groups is 2. The summed E-state index contributed by atoms with van der Waals surface area (Å²) in [4.78, 5) is 26.9. The second-order valence-electron chi connectivity index (χ2n) is 4.06. The Kier molecular flexibility index (Phi) is 4.11. The number of amides is 2. The zero-order valence-electron chi connectivity index (χ0n) is 10.1. The van der Waals surface area contributed by atoms with Gasteiger partial charge in [0.05, 0.1) is 0 Å². The van der Waals surface area contributed by atoms with Crippen molar-refractivity contribution >= 4 is 46.0 Å². The molecular weight excluding hydrogens is 286 g/mol. The molecule has 2 rings (SSSR count). The lowest BCUT2D eigenvalue weighted by molar-refractivity contribution is -0.121. The number of benzene rings is 1. The maximum Gasteiger partial charge on any atom is 0.262 e. The van der Waals surface area contributed by atoms with Gasteiger partial charge in [-0.2, -0.15) is 4.99 Å². The van der Waals surface area contributed by atoms with Gasteiger partial charge in [0, 0.05) is 17.1 Å². The molecule has 0 aliphatic carbocycles. The normalized spacial score (nSPS) is 18.3. The number of thioether (sulfide) groups is 1. The van der Waals surface area contributed by atoms with Crippen LogP contribution < -0.4 is 11.1 Å². The average Bonchev–Trinajstić information content (AvgIpc) is 2.64. The molecule has 0 bridgehead atoms. The number of rotatable bonds is 3. The zero-order chi connectivity index (χ0) is 14.0. The number of amidine groups is 1. The number of hydrogen-bond donors (Lipinski definition) is 2. The van der Waals surface area contributed by atoms with E-state index >= 15 is 0 Å². The van der Waals surface area contributed by atoms with Crippen LogP contribution in [0.15, 0.2) is 23.2 Å². The molecule has 0 spiro atoms. The number of halogens is 1. The van der Waals surface area contributed by atoms with Crippen LogP contribution in [0.2, 0.25) is 5.02 Å². The fourth-order valence-electron chi connectivity index (χ4n) is 1.64. The van der Waals surface area contributed by atoms with E-state index in [1.807, 2.05) is 6.92 Å². The Balaban J connectivity index is 1.99. The summed E-state index contributed by atoms with van der Waals surface area (Å²) >= 11 is 7.08. The Morgan fingerprint density at radius 1 is 1.58 bits per heavy atom. The summed E-state index contributed by atoms with van der Waals surface area (Å²) < 4.78 is 0. The third-order valence-electron chi connectivity index (χ3n) is 2.67. The molecule has 100 valence electrons. The molecule has 7 heteroatoms. The van der Waals surface area contributed by atoms with Crippen LogP contribution in [0.5, 0.6) is 0 Å². The summed E-state index contributed by atoms with van der Waals surface area (Å²) in [6.07, 6.45) is 0.0413. The molecule has 0 radical (unpaired) electrons. The predicted octanol–water partition coefficient (Wildman–Crippen LogP) is 1.93. The molecule has 19 heavy (non-hydrogen) atoms. The van der Waals surface area contributed by atoms with Gasteiger partial charge in [-0.05, 0) is 24.6 Å². The second kappa shape index (κ2) is 5.63. The first-order valence-electron chi connectivity index (χ1n) is 5.57. The van der Waals surface area contributed by atoms with Gasteiger partial charge in [-0.1, -0.05) is 29.4 Å². The molecular formula is C12H12ClN3O2S. The van der Waals surface area contributed by atoms with E-state index in [1.54, 1.807) is 18.2 Å². The third-order valence-corrected chi connectivity index (χ3v) is 4.07. The lowest BCUT2D eigenvalue weighted by Crippen LogP contribution is -2.22. The van der Waals surface area contributed by atoms with Crippen molar-refractivity contribution in [3.05, 3.63) is 28.8 Å². The monoisotopic (exact) mass is 297 g/mol. The molecule has 0 fully saturated rings. The number of nitrogens with one attached hydrogen (secondary N) is 1. The number of nitrogens with zero attached hydrogens (tertiary/aromatic N) is 1. The van der Waals surface area contributed by atoms with Gasteiger partial charge in [-0.25, -0.2) is 0 Å². The van der Waals surface area contributed by atoms with Gasteiger partial charge in [0.25, 0.3) is 5.91 Å². The molecule has 1 aromatic carbocycles. The van der Waals surface area contributed by atoms with Gasteiger partial charge in [-0.3, -0.25) is 9.59 Å². The molecule has 0 saturated heterocycles. The van der Waals surface area contributed by atoms with Crippen LogP contribution in [0.3, 0.4) is 0 Å². The first-order chi connectivity index (χ1) is 8.97. The lowest BCUT2D eigenvalue weighted by atomic mass is 10.2. The van der Waals surface area contributed by atoms with Gasteiger partial charge < -0.3 is 11.1 Å². The van der Waals surface area contributed by atoms with Crippen molar-refractivity contribution in [3.8, 4) is 0 Å². The van der Waals surface area contributed by atoms with Crippen LogP contribution in [0, 0.1) is 6.92 Å². The Morgan fingerprint density at radius 2 is 2.32 bits per heavy atom. The number of aliphatic imine (C=N–C) groups is 1. The van der Waals surface area contributed by atoms with Crippen LogP contribution in [0.25, 0.3) is 0 Å². The standard InChI is InChI=1S/C12H12ClN3O2S/c1-6-7(13)3-2-4-8(6)15-10(17)5-9-11(18)16-12(14)19-9/h2-4,9H,5H2,1H3,(H,15,17)(H2,14,16,18)/t9-/m1/s1. The quantitative estimate of drug-likeness (QED) is 0.893. The minimum absolute atomic E-state index is 0.0413. The fraction of sp³-hybridized carbons (Fsp3) is 0.250. The highest BCUT2D eigenvalue weighted by Gasteiger charge is 2.29. The van der Waals surface area contributed by atoms with Crippen molar-refractivity contribution in [1.82, 2.24) is 0 Å². The average molecular weight is 298 g/mol. The molecule has 1 aliphatic heterocycles.